The van der Waals surface area contributed by atoms with E-state index in [1.54, 1.807) is 0 Å². The summed E-state index contributed by atoms with van der Waals surface area (Å²) in [5.41, 5.74) is 7.14. The lowest BCUT2D eigenvalue weighted by Crippen LogP contribution is -2.51. The van der Waals surface area contributed by atoms with Crippen molar-refractivity contribution >= 4 is 23.5 Å². The Morgan fingerprint density at radius 3 is 2.67 bits per heavy atom. The highest BCUT2D eigenvalue weighted by Crippen LogP contribution is 2.33. The smallest absolute Gasteiger partial charge is 0.135 e. The molecule has 1 aromatic heterocycles. The summed E-state index contributed by atoms with van der Waals surface area (Å²) in [6.07, 6.45) is 12.0. The second kappa shape index (κ2) is 10.1. The fourth-order valence-electron chi connectivity index (χ4n) is 4.86. The summed E-state index contributed by atoms with van der Waals surface area (Å²) < 4.78 is 0. The maximum atomic E-state index is 10.7. The van der Waals surface area contributed by atoms with Gasteiger partial charge >= 0.3 is 0 Å². The number of nitrogens with zero attached hydrogens (tertiary/aromatic N) is 2. The first-order chi connectivity index (χ1) is 14.7. The first-order valence-electron chi connectivity index (χ1n) is 11.4. The molecule has 0 bridgehead atoms. The summed E-state index contributed by atoms with van der Waals surface area (Å²) in [7, 11) is 1.92. The highest BCUT2D eigenvalue weighted by molar-refractivity contribution is 5.64. The predicted octanol–water partition coefficient (Wildman–Crippen LogP) is 4.41. The first kappa shape index (κ1) is 20.9. The molecular formula is C24H35N5O. The molecule has 0 amide bonds. The molecule has 3 N–H and O–H groups in total. The number of hydrogen-bond acceptors (Lipinski definition) is 5. The Morgan fingerprint density at radius 2 is 1.90 bits per heavy atom. The number of likely N-dealkylation sites (N-methyl/N-ethyl adjacent to an activating group) is 1. The van der Waals surface area contributed by atoms with E-state index in [4.69, 9.17) is 0 Å². The zero-order valence-electron chi connectivity index (χ0n) is 18.1. The number of H-pyrrole nitrogens is 1. The lowest BCUT2D eigenvalue weighted by atomic mass is 9.84. The Bertz CT molecular complexity index is 796. The number of carbonyl (C=O) groups is 1. The average molecular weight is 410 g/mol. The number of carbonyl (C=O) groups excluding carboxylic acids is 1. The number of aromatic amines is 1. The Morgan fingerprint density at radius 1 is 1.10 bits per heavy atom. The van der Waals surface area contributed by atoms with Crippen molar-refractivity contribution in [1.29, 1.82) is 0 Å². The van der Waals surface area contributed by atoms with Gasteiger partial charge in [0, 0.05) is 44.1 Å². The number of hydrogen-bond donors (Lipinski definition) is 3. The van der Waals surface area contributed by atoms with Crippen molar-refractivity contribution < 1.29 is 4.79 Å². The van der Waals surface area contributed by atoms with Gasteiger partial charge in [-0.2, -0.15) is 0 Å². The molecule has 1 saturated heterocycles. The molecule has 1 aliphatic heterocycles. The van der Waals surface area contributed by atoms with Gasteiger partial charge in [0.05, 0.1) is 12.2 Å². The van der Waals surface area contributed by atoms with Gasteiger partial charge in [-0.1, -0.05) is 31.4 Å². The molecule has 6 nitrogen and oxygen atoms in total. The van der Waals surface area contributed by atoms with Crippen molar-refractivity contribution in [2.24, 2.45) is 0 Å². The Hall–Kier alpha value is -2.31. The minimum absolute atomic E-state index is 0.357. The highest BCUT2D eigenvalue weighted by Gasteiger charge is 2.22. The van der Waals surface area contributed by atoms with Crippen molar-refractivity contribution in [2.45, 2.75) is 56.9 Å². The standard InChI is InChI=1S/C24H35N5O/c1-28(14-15-30)27-22-8-5-13-29(18-22)24-16-23(17-25-24)26-21-11-9-20(10-12-21)19-6-3-2-4-7-19/h9-12,15-17,19,22,25-27H,2-8,13-14,18H2,1H3/t22-/m1/s1. The molecule has 1 atom stereocenters. The molecule has 0 spiro atoms. The second-order valence-corrected chi connectivity index (χ2v) is 8.82. The summed E-state index contributed by atoms with van der Waals surface area (Å²) in [6.45, 7) is 2.39. The van der Waals surface area contributed by atoms with Crippen molar-refractivity contribution in [3.8, 4) is 0 Å². The summed E-state index contributed by atoms with van der Waals surface area (Å²) in [5.74, 6) is 1.89. The van der Waals surface area contributed by atoms with E-state index in [2.05, 4.69) is 51.0 Å². The van der Waals surface area contributed by atoms with Gasteiger partial charge in [-0.25, -0.2) is 5.01 Å². The molecule has 1 saturated carbocycles. The van der Waals surface area contributed by atoms with Crippen molar-refractivity contribution in [2.75, 3.05) is 36.9 Å². The Labute approximate surface area is 180 Å². The molecule has 2 aromatic rings. The van der Waals surface area contributed by atoms with Crippen LogP contribution in [0.4, 0.5) is 17.2 Å². The van der Waals surface area contributed by atoms with Gasteiger partial charge in [-0.3, -0.25) is 5.43 Å². The SMILES string of the molecule is CN(CC=O)N[C@@H]1CCCN(c2cc(Nc3ccc(C4CCCCC4)cc3)c[nH]2)C1. The molecule has 2 aliphatic rings. The van der Waals surface area contributed by atoms with Crippen LogP contribution >= 0.6 is 0 Å². The number of benzene rings is 1. The van der Waals surface area contributed by atoms with Gasteiger partial charge in [0.2, 0.25) is 0 Å². The van der Waals surface area contributed by atoms with Crippen LogP contribution in [0, 0.1) is 0 Å². The monoisotopic (exact) mass is 409 g/mol. The van der Waals surface area contributed by atoms with E-state index >= 15 is 0 Å². The van der Waals surface area contributed by atoms with Crippen molar-refractivity contribution in [1.82, 2.24) is 15.4 Å². The highest BCUT2D eigenvalue weighted by atomic mass is 16.1. The van der Waals surface area contributed by atoms with Gasteiger partial charge < -0.3 is 20.0 Å². The van der Waals surface area contributed by atoms with Crippen LogP contribution in [-0.4, -0.2) is 49.0 Å². The number of nitrogens with one attached hydrogen (secondary N) is 3. The van der Waals surface area contributed by atoms with E-state index in [1.807, 2.05) is 18.3 Å². The fourth-order valence-corrected chi connectivity index (χ4v) is 4.86. The largest absolute Gasteiger partial charge is 0.357 e. The van der Waals surface area contributed by atoms with Crippen LogP contribution in [0.1, 0.15) is 56.4 Å². The normalized spacial score (nSPS) is 20.5. The van der Waals surface area contributed by atoms with Crippen LogP contribution in [0.2, 0.25) is 0 Å². The van der Waals surface area contributed by atoms with E-state index in [-0.39, 0.29) is 0 Å². The van der Waals surface area contributed by atoms with Crippen LogP contribution < -0.4 is 15.6 Å². The Balaban J connectivity index is 1.33. The van der Waals surface area contributed by atoms with Gasteiger partial charge in [-0.05, 0) is 49.3 Å². The Kier molecular flexibility index (Phi) is 7.07. The van der Waals surface area contributed by atoms with Gasteiger partial charge in [0.25, 0.3) is 0 Å². The predicted molar refractivity (Wildman–Crippen MR) is 123 cm³/mol. The number of aldehydes is 1. The summed E-state index contributed by atoms with van der Waals surface area (Å²) >= 11 is 0. The summed E-state index contributed by atoms with van der Waals surface area (Å²) in [4.78, 5) is 16.5. The first-order valence-corrected chi connectivity index (χ1v) is 11.4. The van der Waals surface area contributed by atoms with Crippen LogP contribution in [0.3, 0.4) is 0 Å². The molecule has 2 fully saturated rings. The van der Waals surface area contributed by atoms with E-state index in [9.17, 15) is 4.79 Å². The minimum atomic E-state index is 0.357. The van der Waals surface area contributed by atoms with Gasteiger partial charge in [0.15, 0.2) is 0 Å². The summed E-state index contributed by atoms with van der Waals surface area (Å²) in [6, 6.07) is 11.6. The third-order valence-electron chi connectivity index (χ3n) is 6.46. The molecule has 1 aromatic carbocycles. The van der Waals surface area contributed by atoms with Crippen LogP contribution in [-0.2, 0) is 4.79 Å². The molecule has 4 rings (SSSR count). The maximum Gasteiger partial charge on any atom is 0.135 e. The lowest BCUT2D eigenvalue weighted by Gasteiger charge is -2.35. The quantitative estimate of drug-likeness (QED) is 0.445. The molecule has 1 aliphatic carbocycles. The number of anilines is 3. The second-order valence-electron chi connectivity index (χ2n) is 8.82. The lowest BCUT2D eigenvalue weighted by molar-refractivity contribution is -0.109. The molecule has 0 radical (unpaired) electrons. The van der Waals surface area contributed by atoms with E-state index in [0.717, 1.165) is 55.3 Å². The number of piperidine rings is 1. The molecule has 0 unspecified atom stereocenters. The summed E-state index contributed by atoms with van der Waals surface area (Å²) in [5, 5.41) is 5.41. The fraction of sp³-hybridized carbons (Fsp3) is 0.542. The van der Waals surface area contributed by atoms with Crippen LogP contribution in [0.5, 0.6) is 0 Å². The van der Waals surface area contributed by atoms with Crippen molar-refractivity contribution in [3.63, 3.8) is 0 Å². The molecule has 6 heteroatoms. The number of hydrazine groups is 1. The zero-order chi connectivity index (χ0) is 20.8. The van der Waals surface area contributed by atoms with E-state index in [1.165, 1.54) is 37.7 Å². The molecule has 162 valence electrons. The van der Waals surface area contributed by atoms with Crippen molar-refractivity contribution in [3.05, 3.63) is 42.1 Å². The van der Waals surface area contributed by atoms with Crippen LogP contribution in [0.15, 0.2) is 36.5 Å². The third kappa shape index (κ3) is 5.43. The number of aromatic nitrogens is 1. The van der Waals surface area contributed by atoms with E-state index < -0.39 is 0 Å². The molecular weight excluding hydrogens is 374 g/mol. The average Bonchev–Trinajstić information content (AvgIpc) is 3.24. The zero-order valence-corrected chi connectivity index (χ0v) is 18.1. The third-order valence-corrected chi connectivity index (χ3v) is 6.46. The topological polar surface area (TPSA) is 63.4 Å². The molecule has 30 heavy (non-hydrogen) atoms. The number of rotatable bonds is 8. The molecule has 2 heterocycles. The van der Waals surface area contributed by atoms with Crippen LogP contribution in [0.25, 0.3) is 0 Å². The van der Waals surface area contributed by atoms with E-state index in [0.29, 0.717) is 12.6 Å². The van der Waals surface area contributed by atoms with Gasteiger partial charge in [0.1, 0.15) is 12.1 Å². The maximum absolute atomic E-state index is 10.7. The van der Waals surface area contributed by atoms with Gasteiger partial charge in [-0.15, -0.1) is 0 Å². The minimum Gasteiger partial charge on any atom is -0.357 e.